The first-order valence-electron chi connectivity index (χ1n) is 12.0. The van der Waals surface area contributed by atoms with E-state index < -0.39 is 0 Å². The molecule has 2 heterocycles. The van der Waals surface area contributed by atoms with E-state index in [-0.39, 0.29) is 5.97 Å². The van der Waals surface area contributed by atoms with Crippen LogP contribution in [0.3, 0.4) is 0 Å². The van der Waals surface area contributed by atoms with Crippen molar-refractivity contribution in [3.05, 3.63) is 47.8 Å². The fourth-order valence-electron chi connectivity index (χ4n) is 3.37. The third kappa shape index (κ3) is 10.1. The second-order valence-corrected chi connectivity index (χ2v) is 8.10. The summed E-state index contributed by atoms with van der Waals surface area (Å²) in [6.07, 6.45) is 14.5. The standard InChI is InChI=1S/C26H39N3O2/c1-3-5-7-8-9-10-11-12-18-27-20-22-16-17-23(28-21-22)24-14-13-15-25(29-24)26(30)31-19-6-4-2/h13-17,21,27H,3-12,18-20H2,1-2H3. The summed E-state index contributed by atoms with van der Waals surface area (Å²) in [6.45, 7) is 6.62. The molecule has 0 fully saturated rings. The first-order chi connectivity index (χ1) is 15.2. The van der Waals surface area contributed by atoms with Gasteiger partial charge in [0.2, 0.25) is 0 Å². The topological polar surface area (TPSA) is 64.1 Å². The number of nitrogens with one attached hydrogen (secondary N) is 1. The summed E-state index contributed by atoms with van der Waals surface area (Å²) in [7, 11) is 0. The Labute approximate surface area is 188 Å². The summed E-state index contributed by atoms with van der Waals surface area (Å²) >= 11 is 0. The van der Waals surface area contributed by atoms with Gasteiger partial charge in [-0.3, -0.25) is 4.98 Å². The number of ether oxygens (including phenoxy) is 1. The van der Waals surface area contributed by atoms with E-state index >= 15 is 0 Å². The van der Waals surface area contributed by atoms with Crippen LogP contribution in [0.5, 0.6) is 0 Å². The highest BCUT2D eigenvalue weighted by Gasteiger charge is 2.10. The fourth-order valence-corrected chi connectivity index (χ4v) is 3.37. The van der Waals surface area contributed by atoms with E-state index in [1.165, 1.54) is 51.4 Å². The van der Waals surface area contributed by atoms with Crippen molar-refractivity contribution in [3.63, 3.8) is 0 Å². The predicted octanol–water partition coefficient (Wildman–Crippen LogP) is 6.33. The van der Waals surface area contributed by atoms with Crippen molar-refractivity contribution in [3.8, 4) is 11.4 Å². The van der Waals surface area contributed by atoms with Crippen molar-refractivity contribution in [2.24, 2.45) is 0 Å². The Morgan fingerprint density at radius 2 is 1.61 bits per heavy atom. The van der Waals surface area contributed by atoms with Gasteiger partial charge >= 0.3 is 5.97 Å². The smallest absolute Gasteiger partial charge is 0.356 e. The SMILES string of the molecule is CCCCCCCCCCNCc1ccc(-c2cccc(C(=O)OCCCC)n2)nc1. The van der Waals surface area contributed by atoms with Crippen LogP contribution in [0.4, 0.5) is 0 Å². The molecule has 0 aliphatic rings. The summed E-state index contributed by atoms with van der Waals surface area (Å²) in [5.41, 5.74) is 2.92. The fraction of sp³-hybridized carbons (Fsp3) is 0.577. The average molecular weight is 426 g/mol. The minimum Gasteiger partial charge on any atom is -0.461 e. The van der Waals surface area contributed by atoms with Crippen LogP contribution in [0.25, 0.3) is 11.4 Å². The predicted molar refractivity (Wildman–Crippen MR) is 127 cm³/mol. The molecule has 0 aromatic carbocycles. The number of pyridine rings is 2. The second kappa shape index (κ2) is 15.5. The minimum atomic E-state index is -0.378. The first kappa shape index (κ1) is 25.0. The van der Waals surface area contributed by atoms with Gasteiger partial charge in [-0.05, 0) is 43.1 Å². The van der Waals surface area contributed by atoms with E-state index in [9.17, 15) is 4.79 Å². The van der Waals surface area contributed by atoms with Crippen molar-refractivity contribution in [1.82, 2.24) is 15.3 Å². The van der Waals surface area contributed by atoms with Crippen LogP contribution in [0.15, 0.2) is 36.5 Å². The van der Waals surface area contributed by atoms with Gasteiger partial charge < -0.3 is 10.1 Å². The molecule has 0 amide bonds. The van der Waals surface area contributed by atoms with Crippen LogP contribution in [0.2, 0.25) is 0 Å². The Morgan fingerprint density at radius 1 is 0.871 bits per heavy atom. The van der Waals surface area contributed by atoms with Gasteiger partial charge in [-0.15, -0.1) is 0 Å². The van der Waals surface area contributed by atoms with Gasteiger partial charge in [-0.2, -0.15) is 0 Å². The molecular formula is C26H39N3O2. The first-order valence-corrected chi connectivity index (χ1v) is 12.0. The number of nitrogens with zero attached hydrogens (tertiary/aromatic N) is 2. The van der Waals surface area contributed by atoms with Crippen LogP contribution < -0.4 is 5.32 Å². The van der Waals surface area contributed by atoms with Crippen molar-refractivity contribution >= 4 is 5.97 Å². The molecule has 0 saturated carbocycles. The van der Waals surface area contributed by atoms with Gasteiger partial charge in [0, 0.05) is 12.7 Å². The van der Waals surface area contributed by atoms with Crippen molar-refractivity contribution in [2.75, 3.05) is 13.2 Å². The van der Waals surface area contributed by atoms with Gasteiger partial charge in [-0.1, -0.05) is 77.3 Å². The Bertz CT molecular complexity index is 747. The molecule has 2 aromatic rings. The van der Waals surface area contributed by atoms with Gasteiger partial charge in [0.1, 0.15) is 5.69 Å². The lowest BCUT2D eigenvalue weighted by atomic mass is 10.1. The van der Waals surface area contributed by atoms with Crippen molar-refractivity contribution < 1.29 is 9.53 Å². The molecule has 0 atom stereocenters. The van der Waals surface area contributed by atoms with Crippen LogP contribution in [-0.2, 0) is 11.3 Å². The van der Waals surface area contributed by atoms with Gasteiger partial charge in [0.15, 0.2) is 0 Å². The van der Waals surface area contributed by atoms with Crippen LogP contribution >= 0.6 is 0 Å². The quantitative estimate of drug-likeness (QED) is 0.251. The lowest BCUT2D eigenvalue weighted by molar-refractivity contribution is 0.0493. The lowest BCUT2D eigenvalue weighted by Gasteiger charge is -2.07. The minimum absolute atomic E-state index is 0.325. The Morgan fingerprint density at radius 3 is 2.32 bits per heavy atom. The van der Waals surface area contributed by atoms with E-state index in [2.05, 4.69) is 35.2 Å². The van der Waals surface area contributed by atoms with E-state index in [1.54, 1.807) is 6.07 Å². The molecule has 1 N–H and O–H groups in total. The third-order valence-corrected chi connectivity index (χ3v) is 5.31. The van der Waals surface area contributed by atoms with Crippen molar-refractivity contribution in [1.29, 1.82) is 0 Å². The van der Waals surface area contributed by atoms with E-state index in [4.69, 9.17) is 4.74 Å². The molecule has 170 valence electrons. The molecule has 0 bridgehead atoms. The summed E-state index contributed by atoms with van der Waals surface area (Å²) in [4.78, 5) is 21.1. The second-order valence-electron chi connectivity index (χ2n) is 8.10. The zero-order chi connectivity index (χ0) is 22.2. The molecular weight excluding hydrogens is 386 g/mol. The third-order valence-electron chi connectivity index (χ3n) is 5.31. The number of hydrogen-bond acceptors (Lipinski definition) is 5. The molecule has 5 nitrogen and oxygen atoms in total. The number of rotatable bonds is 16. The Hall–Kier alpha value is -2.27. The molecule has 0 aliphatic heterocycles. The number of carbonyl (C=O) groups excluding carboxylic acids is 1. The maximum atomic E-state index is 12.1. The highest BCUT2D eigenvalue weighted by atomic mass is 16.5. The largest absolute Gasteiger partial charge is 0.461 e. The highest BCUT2D eigenvalue weighted by molar-refractivity contribution is 5.87. The number of carbonyl (C=O) groups is 1. The van der Waals surface area contributed by atoms with Crippen molar-refractivity contribution in [2.45, 2.75) is 84.6 Å². The van der Waals surface area contributed by atoms with E-state index in [0.717, 1.165) is 37.2 Å². The monoisotopic (exact) mass is 425 g/mol. The summed E-state index contributed by atoms with van der Waals surface area (Å²) in [5, 5.41) is 3.50. The number of esters is 1. The Kier molecular flexibility index (Phi) is 12.5. The van der Waals surface area contributed by atoms with Crippen LogP contribution in [-0.4, -0.2) is 29.1 Å². The lowest BCUT2D eigenvalue weighted by Crippen LogP contribution is -2.14. The van der Waals surface area contributed by atoms with E-state index in [0.29, 0.717) is 18.0 Å². The normalized spacial score (nSPS) is 10.9. The molecule has 0 unspecified atom stereocenters. The zero-order valence-corrected chi connectivity index (χ0v) is 19.4. The number of unbranched alkanes of at least 4 members (excludes halogenated alkanes) is 8. The van der Waals surface area contributed by atoms with Crippen LogP contribution in [0.1, 0.15) is 94.1 Å². The van der Waals surface area contributed by atoms with Gasteiger partial charge in [0.25, 0.3) is 0 Å². The molecule has 5 heteroatoms. The Balaban J connectivity index is 1.71. The highest BCUT2D eigenvalue weighted by Crippen LogP contribution is 2.16. The maximum Gasteiger partial charge on any atom is 0.356 e. The number of aromatic nitrogens is 2. The molecule has 0 saturated heterocycles. The molecule has 31 heavy (non-hydrogen) atoms. The molecule has 2 aromatic heterocycles. The summed E-state index contributed by atoms with van der Waals surface area (Å²) in [5.74, 6) is -0.378. The zero-order valence-electron chi connectivity index (χ0n) is 19.4. The summed E-state index contributed by atoms with van der Waals surface area (Å²) < 4.78 is 5.25. The molecule has 0 radical (unpaired) electrons. The van der Waals surface area contributed by atoms with E-state index in [1.807, 2.05) is 24.4 Å². The molecule has 2 rings (SSSR count). The van der Waals surface area contributed by atoms with Gasteiger partial charge in [0.05, 0.1) is 18.0 Å². The average Bonchev–Trinajstić information content (AvgIpc) is 2.81. The molecule has 0 aliphatic carbocycles. The van der Waals surface area contributed by atoms with Gasteiger partial charge in [-0.25, -0.2) is 9.78 Å². The maximum absolute atomic E-state index is 12.1. The summed E-state index contributed by atoms with van der Waals surface area (Å²) in [6, 6.07) is 9.39. The van der Waals surface area contributed by atoms with Crippen LogP contribution in [0, 0.1) is 0 Å². The molecule has 0 spiro atoms. The number of hydrogen-bond donors (Lipinski definition) is 1.